The molecule has 0 aliphatic heterocycles. The van der Waals surface area contributed by atoms with E-state index in [2.05, 4.69) is 15.9 Å². The first-order chi connectivity index (χ1) is 9.43. The van der Waals surface area contributed by atoms with Crippen molar-refractivity contribution in [1.29, 1.82) is 0 Å². The largest absolute Gasteiger partial charge is 0.496 e. The molecule has 0 saturated carbocycles. The maximum Gasteiger partial charge on any atom is 0.137 e. The molecule has 2 aromatic carbocycles. The molecule has 0 heterocycles. The molecule has 1 atom stereocenters. The Morgan fingerprint density at radius 2 is 1.90 bits per heavy atom. The van der Waals surface area contributed by atoms with E-state index in [1.54, 1.807) is 19.2 Å². The summed E-state index contributed by atoms with van der Waals surface area (Å²) < 4.78 is 19.0. The van der Waals surface area contributed by atoms with Gasteiger partial charge in [0.1, 0.15) is 17.7 Å². The standard InChI is InChI=1S/C16H16BrFO2/c1-9-6-10(2)15(14(7-9)20-3)16(19)11-4-5-13(18)12(17)8-11/h4-8,16,19H,1-3H3. The zero-order valence-electron chi connectivity index (χ0n) is 11.6. The van der Waals surface area contributed by atoms with E-state index in [0.717, 1.165) is 11.1 Å². The highest BCUT2D eigenvalue weighted by Gasteiger charge is 2.19. The van der Waals surface area contributed by atoms with Crippen molar-refractivity contribution in [2.75, 3.05) is 7.11 Å². The van der Waals surface area contributed by atoms with Gasteiger partial charge in [-0.15, -0.1) is 0 Å². The molecule has 0 radical (unpaired) electrons. The molecule has 20 heavy (non-hydrogen) atoms. The van der Waals surface area contributed by atoms with Crippen LogP contribution in [0.1, 0.15) is 28.4 Å². The van der Waals surface area contributed by atoms with Gasteiger partial charge in [0.2, 0.25) is 0 Å². The van der Waals surface area contributed by atoms with Crippen LogP contribution in [0.5, 0.6) is 5.75 Å². The lowest BCUT2D eigenvalue weighted by Crippen LogP contribution is -2.05. The van der Waals surface area contributed by atoms with E-state index in [0.29, 0.717) is 21.3 Å². The van der Waals surface area contributed by atoms with Crippen LogP contribution in [0.3, 0.4) is 0 Å². The van der Waals surface area contributed by atoms with Gasteiger partial charge in [-0.3, -0.25) is 0 Å². The van der Waals surface area contributed by atoms with Gasteiger partial charge in [0.05, 0.1) is 11.6 Å². The van der Waals surface area contributed by atoms with Crippen molar-refractivity contribution >= 4 is 15.9 Å². The number of ether oxygens (including phenoxy) is 1. The van der Waals surface area contributed by atoms with E-state index in [4.69, 9.17) is 4.74 Å². The first kappa shape index (κ1) is 15.0. The van der Waals surface area contributed by atoms with E-state index in [1.807, 2.05) is 26.0 Å². The van der Waals surface area contributed by atoms with Gasteiger partial charge in [-0.1, -0.05) is 12.1 Å². The topological polar surface area (TPSA) is 29.5 Å². The summed E-state index contributed by atoms with van der Waals surface area (Å²) in [6.07, 6.45) is -0.859. The first-order valence-corrected chi connectivity index (χ1v) is 7.01. The van der Waals surface area contributed by atoms with Crippen LogP contribution in [0, 0.1) is 19.7 Å². The third-order valence-electron chi connectivity index (χ3n) is 3.25. The fraction of sp³-hybridized carbons (Fsp3) is 0.250. The zero-order chi connectivity index (χ0) is 14.9. The molecule has 106 valence electrons. The Morgan fingerprint density at radius 3 is 2.50 bits per heavy atom. The number of hydrogen-bond acceptors (Lipinski definition) is 2. The van der Waals surface area contributed by atoms with Gasteiger partial charge >= 0.3 is 0 Å². The predicted octanol–water partition coefficient (Wildman–Crippen LogP) is 4.30. The molecular formula is C16H16BrFO2. The molecule has 0 aliphatic rings. The summed E-state index contributed by atoms with van der Waals surface area (Å²) in [4.78, 5) is 0. The van der Waals surface area contributed by atoms with Crippen LogP contribution in [-0.2, 0) is 0 Å². The van der Waals surface area contributed by atoms with Crippen LogP contribution in [0.25, 0.3) is 0 Å². The molecule has 2 rings (SSSR count). The second kappa shape index (κ2) is 5.94. The summed E-state index contributed by atoms with van der Waals surface area (Å²) in [6, 6.07) is 8.35. The van der Waals surface area contributed by atoms with Crippen LogP contribution in [0.15, 0.2) is 34.8 Å². The number of methoxy groups -OCH3 is 1. The number of benzene rings is 2. The second-order valence-electron chi connectivity index (χ2n) is 4.77. The Balaban J connectivity index is 2.52. The summed E-state index contributed by atoms with van der Waals surface area (Å²) in [6.45, 7) is 3.90. The minimum absolute atomic E-state index is 0.331. The Labute approximate surface area is 126 Å². The number of halogens is 2. The van der Waals surface area contributed by atoms with E-state index in [9.17, 15) is 9.50 Å². The Morgan fingerprint density at radius 1 is 1.20 bits per heavy atom. The Hall–Kier alpha value is -1.39. The van der Waals surface area contributed by atoms with Gasteiger partial charge < -0.3 is 9.84 Å². The average molecular weight is 339 g/mol. The van der Waals surface area contributed by atoms with Gasteiger partial charge in [-0.05, 0) is 64.7 Å². The number of aliphatic hydroxyl groups is 1. The summed E-state index contributed by atoms with van der Waals surface area (Å²) in [5.74, 6) is 0.281. The average Bonchev–Trinajstić information content (AvgIpc) is 2.40. The molecule has 0 aromatic heterocycles. The molecule has 1 unspecified atom stereocenters. The molecule has 0 aliphatic carbocycles. The molecule has 0 bridgehead atoms. The minimum Gasteiger partial charge on any atom is -0.496 e. The Kier molecular flexibility index (Phi) is 4.45. The normalized spacial score (nSPS) is 12.3. The lowest BCUT2D eigenvalue weighted by molar-refractivity contribution is 0.213. The fourth-order valence-electron chi connectivity index (χ4n) is 2.31. The lowest BCUT2D eigenvalue weighted by atomic mass is 9.95. The lowest BCUT2D eigenvalue weighted by Gasteiger charge is -2.19. The molecule has 0 amide bonds. The van der Waals surface area contributed by atoms with Crippen molar-refractivity contribution in [3.63, 3.8) is 0 Å². The van der Waals surface area contributed by atoms with Crippen molar-refractivity contribution in [1.82, 2.24) is 0 Å². The summed E-state index contributed by atoms with van der Waals surface area (Å²) in [5.41, 5.74) is 3.32. The SMILES string of the molecule is COc1cc(C)cc(C)c1C(O)c1ccc(F)c(Br)c1. The van der Waals surface area contributed by atoms with E-state index >= 15 is 0 Å². The highest BCUT2D eigenvalue weighted by atomic mass is 79.9. The molecule has 2 aromatic rings. The number of rotatable bonds is 3. The second-order valence-corrected chi connectivity index (χ2v) is 5.63. The first-order valence-electron chi connectivity index (χ1n) is 6.22. The van der Waals surface area contributed by atoms with Crippen LogP contribution in [0.4, 0.5) is 4.39 Å². The quantitative estimate of drug-likeness (QED) is 0.904. The molecule has 1 N–H and O–H groups in total. The Bertz CT molecular complexity index is 641. The number of hydrogen-bond donors (Lipinski definition) is 1. The van der Waals surface area contributed by atoms with E-state index in [1.165, 1.54) is 6.07 Å². The van der Waals surface area contributed by atoms with Crippen LogP contribution in [-0.4, -0.2) is 12.2 Å². The highest BCUT2D eigenvalue weighted by molar-refractivity contribution is 9.10. The molecule has 0 saturated heterocycles. The van der Waals surface area contributed by atoms with Crippen molar-refractivity contribution in [2.24, 2.45) is 0 Å². The van der Waals surface area contributed by atoms with Crippen molar-refractivity contribution in [3.8, 4) is 5.75 Å². The minimum atomic E-state index is -0.859. The maximum absolute atomic E-state index is 13.3. The molecule has 4 heteroatoms. The molecular weight excluding hydrogens is 323 g/mol. The summed E-state index contributed by atoms with van der Waals surface area (Å²) in [7, 11) is 1.57. The number of aliphatic hydroxyl groups excluding tert-OH is 1. The van der Waals surface area contributed by atoms with Gasteiger partial charge in [0, 0.05) is 5.56 Å². The zero-order valence-corrected chi connectivity index (χ0v) is 13.2. The highest BCUT2D eigenvalue weighted by Crippen LogP contribution is 2.34. The van der Waals surface area contributed by atoms with Crippen molar-refractivity contribution < 1.29 is 14.2 Å². The van der Waals surface area contributed by atoms with Gasteiger partial charge in [-0.25, -0.2) is 4.39 Å². The maximum atomic E-state index is 13.3. The molecule has 2 nitrogen and oxygen atoms in total. The smallest absolute Gasteiger partial charge is 0.137 e. The third-order valence-corrected chi connectivity index (χ3v) is 3.85. The van der Waals surface area contributed by atoms with Gasteiger partial charge in [0.25, 0.3) is 0 Å². The van der Waals surface area contributed by atoms with Gasteiger partial charge in [0.15, 0.2) is 0 Å². The monoisotopic (exact) mass is 338 g/mol. The molecule has 0 fully saturated rings. The van der Waals surface area contributed by atoms with Crippen LogP contribution >= 0.6 is 15.9 Å². The summed E-state index contributed by atoms with van der Waals surface area (Å²) in [5, 5.41) is 10.6. The fourth-order valence-corrected chi connectivity index (χ4v) is 2.70. The van der Waals surface area contributed by atoms with Crippen LogP contribution in [0.2, 0.25) is 0 Å². The van der Waals surface area contributed by atoms with Crippen molar-refractivity contribution in [3.05, 3.63) is 62.9 Å². The predicted molar refractivity (Wildman–Crippen MR) is 80.6 cm³/mol. The van der Waals surface area contributed by atoms with E-state index < -0.39 is 6.10 Å². The number of aryl methyl sites for hydroxylation is 2. The summed E-state index contributed by atoms with van der Waals surface area (Å²) >= 11 is 3.14. The van der Waals surface area contributed by atoms with E-state index in [-0.39, 0.29) is 5.82 Å². The molecule has 0 spiro atoms. The third kappa shape index (κ3) is 2.86. The van der Waals surface area contributed by atoms with Gasteiger partial charge in [-0.2, -0.15) is 0 Å². The van der Waals surface area contributed by atoms with Crippen LogP contribution < -0.4 is 4.74 Å². The van der Waals surface area contributed by atoms with Crippen molar-refractivity contribution in [2.45, 2.75) is 20.0 Å².